The number of rotatable bonds is 6. The third-order valence-electron chi connectivity index (χ3n) is 5.86. The Morgan fingerprint density at radius 1 is 1.15 bits per heavy atom. The minimum atomic E-state index is -1.29. The van der Waals surface area contributed by atoms with Crippen LogP contribution >= 0.6 is 0 Å². The fraction of sp³-hybridized carbons (Fsp3) is 0.240. The minimum absolute atomic E-state index is 0.150. The SMILES string of the molecule is Cc1c(N)cccc1-c1cnc(C(N)=O)c2[nH]c3cc(NC(=O)OCC[Si](C)(C)C)ccc3c12. The van der Waals surface area contributed by atoms with Crippen LogP contribution in [0.5, 0.6) is 0 Å². The molecule has 2 amide bonds. The lowest BCUT2D eigenvalue weighted by atomic mass is 9.96. The fourth-order valence-corrected chi connectivity index (χ4v) is 4.65. The number of hydrogen-bond acceptors (Lipinski definition) is 5. The number of carbonyl (C=O) groups is 2. The second-order valence-corrected chi connectivity index (χ2v) is 15.2. The molecule has 0 fully saturated rings. The van der Waals surface area contributed by atoms with Crippen LogP contribution in [0.4, 0.5) is 16.2 Å². The average Bonchev–Trinajstić information content (AvgIpc) is 3.12. The van der Waals surface area contributed by atoms with E-state index in [4.69, 9.17) is 16.2 Å². The maximum absolute atomic E-state index is 12.2. The number of amides is 2. The van der Waals surface area contributed by atoms with Gasteiger partial charge in [-0.05, 0) is 42.3 Å². The van der Waals surface area contributed by atoms with Crippen LogP contribution in [-0.4, -0.2) is 36.6 Å². The quantitative estimate of drug-likeness (QED) is 0.223. The summed E-state index contributed by atoms with van der Waals surface area (Å²) in [6, 6.07) is 12.1. The normalized spacial score (nSPS) is 11.6. The molecule has 0 unspecified atom stereocenters. The van der Waals surface area contributed by atoms with E-state index in [0.29, 0.717) is 23.5 Å². The Hall–Kier alpha value is -3.85. The molecule has 176 valence electrons. The molecule has 2 heterocycles. The molecule has 0 atom stereocenters. The van der Waals surface area contributed by atoms with Crippen LogP contribution < -0.4 is 16.8 Å². The molecule has 0 aliphatic rings. The summed E-state index contributed by atoms with van der Waals surface area (Å²) in [6.45, 7) is 9.03. The number of pyridine rings is 1. The number of nitrogen functional groups attached to an aromatic ring is 1. The van der Waals surface area contributed by atoms with Crippen LogP contribution in [0.25, 0.3) is 32.9 Å². The molecule has 0 spiro atoms. The largest absolute Gasteiger partial charge is 0.450 e. The summed E-state index contributed by atoms with van der Waals surface area (Å²) in [7, 11) is -1.29. The first-order chi connectivity index (χ1) is 16.0. The zero-order chi connectivity index (χ0) is 24.6. The van der Waals surface area contributed by atoms with Crippen molar-refractivity contribution in [1.82, 2.24) is 9.97 Å². The Balaban J connectivity index is 1.76. The predicted octanol–water partition coefficient (Wildman–Crippen LogP) is 5.26. The van der Waals surface area contributed by atoms with E-state index in [1.807, 2.05) is 31.2 Å². The van der Waals surface area contributed by atoms with Crippen LogP contribution in [0.1, 0.15) is 16.1 Å². The fourth-order valence-electron chi connectivity index (χ4n) is 3.93. The maximum Gasteiger partial charge on any atom is 0.411 e. The third kappa shape index (κ3) is 4.60. The molecule has 0 saturated heterocycles. The highest BCUT2D eigenvalue weighted by Gasteiger charge is 2.20. The minimum Gasteiger partial charge on any atom is -0.450 e. The number of nitrogens with zero attached hydrogens (tertiary/aromatic N) is 1. The zero-order valence-corrected chi connectivity index (χ0v) is 20.8. The second-order valence-electron chi connectivity index (χ2n) is 9.61. The summed E-state index contributed by atoms with van der Waals surface area (Å²) in [4.78, 5) is 31.9. The molecule has 0 radical (unpaired) electrons. The van der Waals surface area contributed by atoms with Crippen LogP contribution in [0.2, 0.25) is 25.7 Å². The predicted molar refractivity (Wildman–Crippen MR) is 140 cm³/mol. The summed E-state index contributed by atoms with van der Waals surface area (Å²) in [6.07, 6.45) is 1.16. The number of benzene rings is 2. The number of aromatic amines is 1. The standard InChI is InChI=1S/C25H29N5O3Si/c1-14-16(6-5-7-19(14)26)18-13-28-23(24(27)31)22-21(18)17-9-8-15(12-20(17)30-22)29-25(32)33-10-11-34(2,3)4/h5-9,12-13,30H,10-11,26H2,1-4H3,(H2,27,31)(H,29,32). The first kappa shape index (κ1) is 23.3. The average molecular weight is 476 g/mol. The lowest BCUT2D eigenvalue weighted by Crippen LogP contribution is -2.24. The van der Waals surface area contributed by atoms with Crippen molar-refractivity contribution in [2.24, 2.45) is 5.73 Å². The van der Waals surface area contributed by atoms with Crippen molar-refractivity contribution in [3.05, 3.63) is 53.9 Å². The number of nitrogens with one attached hydrogen (secondary N) is 2. The zero-order valence-electron chi connectivity index (χ0n) is 19.8. The number of fused-ring (bicyclic) bond motifs is 3. The van der Waals surface area contributed by atoms with Crippen LogP contribution in [0.15, 0.2) is 42.6 Å². The molecule has 6 N–H and O–H groups in total. The van der Waals surface area contributed by atoms with Crippen molar-refractivity contribution in [1.29, 1.82) is 0 Å². The van der Waals surface area contributed by atoms with Crippen molar-refractivity contribution < 1.29 is 14.3 Å². The van der Waals surface area contributed by atoms with Crippen molar-refractivity contribution >= 4 is 53.3 Å². The molecule has 0 saturated carbocycles. The highest BCUT2D eigenvalue weighted by atomic mass is 28.3. The van der Waals surface area contributed by atoms with Gasteiger partial charge in [-0.25, -0.2) is 9.78 Å². The van der Waals surface area contributed by atoms with Crippen LogP contribution in [-0.2, 0) is 4.74 Å². The van der Waals surface area contributed by atoms with Gasteiger partial charge in [0.15, 0.2) is 5.69 Å². The third-order valence-corrected chi connectivity index (χ3v) is 7.56. The van der Waals surface area contributed by atoms with E-state index in [2.05, 4.69) is 34.9 Å². The van der Waals surface area contributed by atoms with Gasteiger partial charge < -0.3 is 21.2 Å². The number of anilines is 2. The van der Waals surface area contributed by atoms with E-state index in [0.717, 1.165) is 39.0 Å². The van der Waals surface area contributed by atoms with E-state index in [9.17, 15) is 9.59 Å². The van der Waals surface area contributed by atoms with Gasteiger partial charge in [0.1, 0.15) is 0 Å². The molecule has 34 heavy (non-hydrogen) atoms. The number of aromatic nitrogens is 2. The lowest BCUT2D eigenvalue weighted by molar-refractivity contribution is 0.0997. The number of nitrogens with two attached hydrogens (primary N) is 2. The highest BCUT2D eigenvalue weighted by Crippen LogP contribution is 2.38. The molecule has 9 heteroatoms. The Morgan fingerprint density at radius 3 is 2.62 bits per heavy atom. The highest BCUT2D eigenvalue weighted by molar-refractivity contribution is 6.76. The number of carbonyl (C=O) groups excluding carboxylic acids is 2. The molecule has 0 aliphatic carbocycles. The van der Waals surface area contributed by atoms with Gasteiger partial charge in [-0.15, -0.1) is 0 Å². The Kier molecular flexibility index (Phi) is 6.05. The van der Waals surface area contributed by atoms with Crippen LogP contribution in [0.3, 0.4) is 0 Å². The van der Waals surface area contributed by atoms with E-state index < -0.39 is 20.1 Å². The van der Waals surface area contributed by atoms with E-state index in [-0.39, 0.29) is 5.69 Å². The van der Waals surface area contributed by atoms with Gasteiger partial charge in [-0.1, -0.05) is 37.8 Å². The summed E-state index contributed by atoms with van der Waals surface area (Å²) in [5.41, 5.74) is 17.1. The molecule has 0 bridgehead atoms. The molecular weight excluding hydrogens is 446 g/mol. The molecule has 4 rings (SSSR count). The van der Waals surface area contributed by atoms with Crippen molar-refractivity contribution in [3.63, 3.8) is 0 Å². The molecule has 4 aromatic rings. The van der Waals surface area contributed by atoms with Crippen LogP contribution in [0, 0.1) is 6.92 Å². The second kappa shape index (κ2) is 8.83. The summed E-state index contributed by atoms with van der Waals surface area (Å²) in [5.74, 6) is -0.628. The summed E-state index contributed by atoms with van der Waals surface area (Å²) in [5, 5.41) is 4.46. The number of primary amides is 1. The number of hydrogen-bond donors (Lipinski definition) is 4. The van der Waals surface area contributed by atoms with Crippen molar-refractivity contribution in [3.8, 4) is 11.1 Å². The molecule has 2 aromatic carbocycles. The molecule has 2 aromatic heterocycles. The first-order valence-electron chi connectivity index (χ1n) is 11.1. The first-order valence-corrected chi connectivity index (χ1v) is 14.8. The van der Waals surface area contributed by atoms with E-state index in [1.165, 1.54) is 0 Å². The molecule has 8 nitrogen and oxygen atoms in total. The van der Waals surface area contributed by atoms with E-state index >= 15 is 0 Å². The van der Waals surface area contributed by atoms with Gasteiger partial charge in [-0.2, -0.15) is 0 Å². The van der Waals surface area contributed by atoms with Gasteiger partial charge in [0.2, 0.25) is 0 Å². The molecule has 0 aliphatic heterocycles. The Morgan fingerprint density at radius 2 is 1.91 bits per heavy atom. The van der Waals surface area contributed by atoms with Gasteiger partial charge in [0, 0.05) is 47.5 Å². The summed E-state index contributed by atoms with van der Waals surface area (Å²) < 4.78 is 5.34. The van der Waals surface area contributed by atoms with Gasteiger partial charge >= 0.3 is 6.09 Å². The van der Waals surface area contributed by atoms with Crippen molar-refractivity contribution in [2.45, 2.75) is 32.6 Å². The van der Waals surface area contributed by atoms with Crippen molar-refractivity contribution in [2.75, 3.05) is 17.7 Å². The number of H-pyrrole nitrogens is 1. The maximum atomic E-state index is 12.2. The monoisotopic (exact) mass is 475 g/mol. The van der Waals surface area contributed by atoms with E-state index in [1.54, 1.807) is 18.3 Å². The smallest absolute Gasteiger partial charge is 0.411 e. The topological polar surface area (TPSA) is 136 Å². The molecular formula is C25H29N5O3Si. The van der Waals surface area contributed by atoms with Gasteiger partial charge in [0.25, 0.3) is 5.91 Å². The summed E-state index contributed by atoms with van der Waals surface area (Å²) >= 11 is 0. The number of ether oxygens (including phenoxy) is 1. The van der Waals surface area contributed by atoms with Gasteiger partial charge in [-0.3, -0.25) is 10.1 Å². The van der Waals surface area contributed by atoms with Gasteiger partial charge in [0.05, 0.1) is 12.1 Å². The Labute approximate surface area is 198 Å². The lowest BCUT2D eigenvalue weighted by Gasteiger charge is -2.15. The Bertz CT molecular complexity index is 1420.